The van der Waals surface area contributed by atoms with Crippen molar-refractivity contribution in [3.63, 3.8) is 0 Å². The van der Waals surface area contributed by atoms with Gasteiger partial charge in [0.05, 0.1) is 18.2 Å². The third-order valence-corrected chi connectivity index (χ3v) is 5.20. The van der Waals surface area contributed by atoms with Gasteiger partial charge in [-0.25, -0.2) is 4.79 Å². The highest BCUT2D eigenvalue weighted by Crippen LogP contribution is 2.50. The van der Waals surface area contributed by atoms with Gasteiger partial charge in [-0.15, -0.1) is 0 Å². The lowest BCUT2D eigenvalue weighted by atomic mass is 9.73. The van der Waals surface area contributed by atoms with E-state index in [9.17, 15) is 4.79 Å². The number of nitrogens with zero attached hydrogens (tertiary/aromatic N) is 1. The minimum atomic E-state index is -0.579. The molecule has 0 spiro atoms. The first kappa shape index (κ1) is 20.2. The van der Waals surface area contributed by atoms with E-state index in [4.69, 9.17) is 26.1 Å². The first-order valence-corrected chi connectivity index (χ1v) is 9.47. The molecule has 1 amide bonds. The molecule has 1 N–H and O–H groups in total. The predicted octanol–water partition coefficient (Wildman–Crippen LogP) is 6.11. The molecule has 148 valence electrons. The maximum absolute atomic E-state index is 12.2. The Morgan fingerprint density at radius 1 is 1.21 bits per heavy atom. The summed E-state index contributed by atoms with van der Waals surface area (Å²) in [5.74, 6) is 0.694. The van der Waals surface area contributed by atoms with Gasteiger partial charge in [-0.2, -0.15) is 0 Å². The van der Waals surface area contributed by atoms with Crippen LogP contribution in [0.1, 0.15) is 45.7 Å². The predicted molar refractivity (Wildman–Crippen MR) is 114 cm³/mol. The van der Waals surface area contributed by atoms with Gasteiger partial charge in [0.25, 0.3) is 0 Å². The Morgan fingerprint density at radius 3 is 2.57 bits per heavy atom. The Balaban J connectivity index is 2.07. The number of halogens is 1. The van der Waals surface area contributed by atoms with Crippen LogP contribution >= 0.6 is 11.6 Å². The molecule has 0 radical (unpaired) electrons. The molecule has 1 heterocycles. The van der Waals surface area contributed by atoms with Crippen LogP contribution in [0, 0.1) is 0 Å². The molecule has 1 atom stereocenters. The van der Waals surface area contributed by atoms with E-state index < -0.39 is 17.1 Å². The molecule has 2 aromatic carbocycles. The number of carbonyl (C=O) groups is 1. The first-order valence-electron chi connectivity index (χ1n) is 9.09. The van der Waals surface area contributed by atoms with E-state index in [0.29, 0.717) is 16.5 Å². The zero-order valence-electron chi connectivity index (χ0n) is 17.0. The highest BCUT2D eigenvalue weighted by Gasteiger charge is 2.42. The number of anilines is 1. The van der Waals surface area contributed by atoms with Crippen LogP contribution in [0.4, 0.5) is 16.2 Å². The van der Waals surface area contributed by atoms with E-state index in [0.717, 1.165) is 22.5 Å². The van der Waals surface area contributed by atoms with E-state index in [1.807, 2.05) is 58.0 Å². The number of benzene rings is 2. The summed E-state index contributed by atoms with van der Waals surface area (Å²) in [7, 11) is 1.62. The Labute approximate surface area is 170 Å². The minimum absolute atomic E-state index is 0.510. The Hall–Kier alpha value is -2.53. The van der Waals surface area contributed by atoms with Crippen LogP contribution in [0.3, 0.4) is 0 Å². The fraction of sp³-hybridized carbons (Fsp3) is 0.364. The average molecular weight is 401 g/mol. The van der Waals surface area contributed by atoms with Gasteiger partial charge in [0.2, 0.25) is 0 Å². The van der Waals surface area contributed by atoms with Crippen molar-refractivity contribution in [1.29, 1.82) is 0 Å². The van der Waals surface area contributed by atoms with Gasteiger partial charge in [-0.05, 0) is 65.0 Å². The summed E-state index contributed by atoms with van der Waals surface area (Å²) in [6, 6.07) is 11.2. The quantitative estimate of drug-likeness (QED) is 0.676. The number of hydrogen-bond donors (Lipinski definition) is 1. The molecule has 0 saturated heterocycles. The van der Waals surface area contributed by atoms with E-state index >= 15 is 0 Å². The third kappa shape index (κ3) is 3.59. The number of methoxy groups -OCH3 is 1. The van der Waals surface area contributed by atoms with Crippen molar-refractivity contribution in [3.05, 3.63) is 52.5 Å². The van der Waals surface area contributed by atoms with Gasteiger partial charge < -0.3 is 9.47 Å². The highest BCUT2D eigenvalue weighted by molar-refractivity contribution is 6.32. The second kappa shape index (κ2) is 7.13. The molecule has 0 saturated carbocycles. The number of aliphatic imine (C=N–C) groups is 1. The van der Waals surface area contributed by atoms with Crippen LogP contribution in [0.5, 0.6) is 5.75 Å². The molecular weight excluding hydrogens is 376 g/mol. The van der Waals surface area contributed by atoms with Crippen molar-refractivity contribution >= 4 is 34.8 Å². The molecule has 6 heteroatoms. The van der Waals surface area contributed by atoms with Gasteiger partial charge in [0.1, 0.15) is 11.4 Å². The number of rotatable bonds is 3. The molecule has 0 fully saturated rings. The van der Waals surface area contributed by atoms with Gasteiger partial charge in [0.15, 0.2) is 0 Å². The van der Waals surface area contributed by atoms with E-state index in [-0.39, 0.29) is 0 Å². The maximum Gasteiger partial charge on any atom is 0.412 e. The maximum atomic E-state index is 12.2. The molecule has 1 aliphatic rings. The summed E-state index contributed by atoms with van der Waals surface area (Å²) in [5, 5.41) is 3.44. The van der Waals surface area contributed by atoms with Crippen LogP contribution in [-0.2, 0) is 10.2 Å². The van der Waals surface area contributed by atoms with Crippen molar-refractivity contribution in [2.45, 2.75) is 45.6 Å². The van der Waals surface area contributed by atoms with Gasteiger partial charge in [-0.3, -0.25) is 10.3 Å². The lowest BCUT2D eigenvalue weighted by Crippen LogP contribution is -2.30. The molecular formula is C22H25ClN2O3. The largest absolute Gasteiger partial charge is 0.496 e. The molecule has 0 bridgehead atoms. The zero-order valence-corrected chi connectivity index (χ0v) is 17.8. The molecule has 28 heavy (non-hydrogen) atoms. The molecule has 5 nitrogen and oxygen atoms in total. The molecule has 0 unspecified atom stereocenters. The average Bonchev–Trinajstić information content (AvgIpc) is 2.86. The monoisotopic (exact) mass is 400 g/mol. The molecule has 3 rings (SSSR count). The van der Waals surface area contributed by atoms with Gasteiger partial charge >= 0.3 is 6.09 Å². The van der Waals surface area contributed by atoms with Gasteiger partial charge in [-0.1, -0.05) is 17.7 Å². The number of amides is 1. The van der Waals surface area contributed by atoms with Crippen molar-refractivity contribution in [2.24, 2.45) is 4.99 Å². The zero-order chi connectivity index (χ0) is 20.7. The smallest absolute Gasteiger partial charge is 0.412 e. The molecule has 2 aromatic rings. The van der Waals surface area contributed by atoms with E-state index in [1.165, 1.54) is 0 Å². The van der Waals surface area contributed by atoms with Crippen molar-refractivity contribution in [3.8, 4) is 5.75 Å². The van der Waals surface area contributed by atoms with Crippen LogP contribution in [-0.4, -0.2) is 24.5 Å². The summed E-state index contributed by atoms with van der Waals surface area (Å²) in [4.78, 5) is 16.9. The summed E-state index contributed by atoms with van der Waals surface area (Å²) in [6.07, 6.45) is -0.510. The fourth-order valence-corrected chi connectivity index (χ4v) is 3.86. The molecule has 1 aliphatic heterocycles. The van der Waals surface area contributed by atoms with E-state index in [1.54, 1.807) is 13.2 Å². The van der Waals surface area contributed by atoms with Gasteiger partial charge in [0, 0.05) is 27.5 Å². The summed E-state index contributed by atoms with van der Waals surface area (Å²) in [6.45, 7) is 9.52. The molecule has 0 aliphatic carbocycles. The second-order valence-electron chi connectivity index (χ2n) is 8.00. The van der Waals surface area contributed by atoms with Crippen molar-refractivity contribution in [2.75, 3.05) is 12.4 Å². The lowest BCUT2D eigenvalue weighted by molar-refractivity contribution is 0.0636. The number of carbonyl (C=O) groups excluding carboxylic acids is 1. The highest BCUT2D eigenvalue weighted by atomic mass is 35.5. The third-order valence-electron chi connectivity index (χ3n) is 4.89. The Morgan fingerprint density at radius 2 is 1.93 bits per heavy atom. The number of fused-ring (bicyclic) bond motifs is 1. The second-order valence-corrected chi connectivity index (χ2v) is 8.41. The van der Waals surface area contributed by atoms with Crippen LogP contribution in [0.2, 0.25) is 5.02 Å². The number of hydrogen-bond acceptors (Lipinski definition) is 4. The Bertz CT molecular complexity index is 963. The van der Waals surface area contributed by atoms with E-state index in [2.05, 4.69) is 12.2 Å². The first-order chi connectivity index (χ1) is 13.1. The SMILES string of the molecule is COc1ccc(NC(=O)OC(C)(C)C)cc1[C@@]1(C)C(C)=Nc2cccc(Cl)c21. The summed E-state index contributed by atoms with van der Waals surface area (Å²) >= 11 is 6.56. The number of nitrogens with one attached hydrogen (secondary N) is 1. The number of ether oxygens (including phenoxy) is 2. The fourth-order valence-electron chi connectivity index (χ4n) is 3.50. The minimum Gasteiger partial charge on any atom is -0.496 e. The summed E-state index contributed by atoms with van der Waals surface area (Å²) < 4.78 is 11.0. The van der Waals surface area contributed by atoms with Crippen LogP contribution in [0.25, 0.3) is 0 Å². The van der Waals surface area contributed by atoms with Crippen LogP contribution < -0.4 is 10.1 Å². The lowest BCUT2D eigenvalue weighted by Gasteiger charge is -2.30. The standard InChI is InChI=1S/C22H25ClN2O3/c1-13-22(5,19-16(23)8-7-9-17(19)24-13)15-12-14(10-11-18(15)27-6)25-20(26)28-21(2,3)4/h7-12H,1-6H3,(H,25,26)/t22-/m1/s1. The topological polar surface area (TPSA) is 59.9 Å². The van der Waals surface area contributed by atoms with Crippen molar-refractivity contribution in [1.82, 2.24) is 0 Å². The normalized spacial score (nSPS) is 18.3. The Kier molecular flexibility index (Phi) is 5.15. The summed E-state index contributed by atoms with van der Waals surface area (Å²) in [5.41, 5.74) is 3.01. The van der Waals surface area contributed by atoms with Crippen LogP contribution in [0.15, 0.2) is 41.4 Å². The molecule has 0 aromatic heterocycles. The van der Waals surface area contributed by atoms with Crippen molar-refractivity contribution < 1.29 is 14.3 Å².